The van der Waals surface area contributed by atoms with Gasteiger partial charge in [0.15, 0.2) is 0 Å². The molecule has 0 saturated heterocycles. The van der Waals surface area contributed by atoms with E-state index in [4.69, 9.17) is 9.47 Å². The lowest BCUT2D eigenvalue weighted by molar-refractivity contribution is -0.130. The number of fused-ring (bicyclic) bond motifs is 1. The van der Waals surface area contributed by atoms with Crippen molar-refractivity contribution in [3.63, 3.8) is 0 Å². The van der Waals surface area contributed by atoms with Gasteiger partial charge in [-0.2, -0.15) is 0 Å². The highest BCUT2D eigenvalue weighted by Crippen LogP contribution is 2.24. The van der Waals surface area contributed by atoms with E-state index < -0.39 is 0 Å². The van der Waals surface area contributed by atoms with Gasteiger partial charge in [-0.3, -0.25) is 9.69 Å². The average Bonchev–Trinajstić information content (AvgIpc) is 3.37. The van der Waals surface area contributed by atoms with Crippen LogP contribution in [0.25, 0.3) is 0 Å². The summed E-state index contributed by atoms with van der Waals surface area (Å²) in [6.07, 6.45) is 6.94. The molecule has 2 aromatic carbocycles. The summed E-state index contributed by atoms with van der Waals surface area (Å²) in [5.74, 6) is 1.87. The van der Waals surface area contributed by atoms with Gasteiger partial charge in [0.05, 0.1) is 25.9 Å². The van der Waals surface area contributed by atoms with Crippen molar-refractivity contribution in [2.75, 3.05) is 39.4 Å². The number of rotatable bonds is 8. The fourth-order valence-corrected chi connectivity index (χ4v) is 4.38. The molecule has 1 aliphatic heterocycles. The van der Waals surface area contributed by atoms with E-state index in [0.29, 0.717) is 39.3 Å². The van der Waals surface area contributed by atoms with Crippen LogP contribution in [0.2, 0.25) is 0 Å². The second-order valence-electron chi connectivity index (χ2n) is 8.91. The quantitative estimate of drug-likeness (QED) is 0.492. The molecule has 0 unspecified atom stereocenters. The van der Waals surface area contributed by atoms with Crippen molar-refractivity contribution in [1.82, 2.24) is 19.4 Å². The smallest absolute Gasteiger partial charge is 0.227 e. The first kappa shape index (κ1) is 24.8. The minimum atomic E-state index is 0.144. The predicted molar refractivity (Wildman–Crippen MR) is 137 cm³/mol. The summed E-state index contributed by atoms with van der Waals surface area (Å²) >= 11 is 0. The molecular formula is C28H36N4O3. The zero-order chi connectivity index (χ0) is 24.5. The van der Waals surface area contributed by atoms with Crippen molar-refractivity contribution in [2.45, 2.75) is 39.8 Å². The van der Waals surface area contributed by atoms with Crippen LogP contribution in [-0.4, -0.2) is 64.7 Å². The molecule has 1 aliphatic rings. The molecule has 4 rings (SSSR count). The molecule has 0 N–H and O–H groups in total. The lowest BCUT2D eigenvalue weighted by Gasteiger charge is -2.27. The van der Waals surface area contributed by atoms with Crippen molar-refractivity contribution in [2.24, 2.45) is 0 Å². The highest BCUT2D eigenvalue weighted by molar-refractivity contribution is 5.79. The Kier molecular flexibility index (Phi) is 8.79. The average molecular weight is 477 g/mol. The Morgan fingerprint density at radius 3 is 2.74 bits per heavy atom. The number of carbonyl (C=O) groups is 1. The first-order valence-corrected chi connectivity index (χ1v) is 12.6. The minimum absolute atomic E-state index is 0.144. The van der Waals surface area contributed by atoms with E-state index in [9.17, 15) is 4.79 Å². The summed E-state index contributed by atoms with van der Waals surface area (Å²) in [6.45, 7) is 9.91. The third-order valence-electron chi connectivity index (χ3n) is 6.30. The molecule has 0 aliphatic carbocycles. The van der Waals surface area contributed by atoms with Gasteiger partial charge < -0.3 is 18.9 Å². The Labute approximate surface area is 208 Å². The van der Waals surface area contributed by atoms with E-state index in [0.717, 1.165) is 48.7 Å². The minimum Gasteiger partial charge on any atom is -0.493 e. The molecule has 0 saturated carbocycles. The molecule has 35 heavy (non-hydrogen) atoms. The van der Waals surface area contributed by atoms with E-state index in [2.05, 4.69) is 39.6 Å². The van der Waals surface area contributed by atoms with Gasteiger partial charge in [0, 0.05) is 56.2 Å². The molecule has 7 heteroatoms. The van der Waals surface area contributed by atoms with Gasteiger partial charge in [0.25, 0.3) is 0 Å². The van der Waals surface area contributed by atoms with Crippen molar-refractivity contribution >= 4 is 5.91 Å². The SMILES string of the molecule is CCCOc1ccc(CN2CCOc3ccccc3CC(=O)N(CC)CC2)cc1Cn1ccnc1. The summed E-state index contributed by atoms with van der Waals surface area (Å²) in [5.41, 5.74) is 3.31. The Morgan fingerprint density at radius 2 is 1.94 bits per heavy atom. The van der Waals surface area contributed by atoms with Crippen molar-refractivity contribution in [3.8, 4) is 11.5 Å². The van der Waals surface area contributed by atoms with Crippen LogP contribution in [0.3, 0.4) is 0 Å². The van der Waals surface area contributed by atoms with Crippen LogP contribution in [0.1, 0.15) is 37.0 Å². The van der Waals surface area contributed by atoms with Crippen molar-refractivity contribution in [3.05, 3.63) is 77.9 Å². The molecule has 0 fully saturated rings. The first-order valence-electron chi connectivity index (χ1n) is 12.6. The van der Waals surface area contributed by atoms with Gasteiger partial charge in [-0.25, -0.2) is 4.98 Å². The third-order valence-corrected chi connectivity index (χ3v) is 6.30. The molecule has 3 aromatic rings. The highest BCUT2D eigenvalue weighted by atomic mass is 16.5. The van der Waals surface area contributed by atoms with E-state index in [1.165, 1.54) is 5.56 Å². The number of carbonyl (C=O) groups excluding carboxylic acids is 1. The van der Waals surface area contributed by atoms with Gasteiger partial charge in [0.2, 0.25) is 5.91 Å². The topological polar surface area (TPSA) is 59.8 Å². The normalized spacial score (nSPS) is 15.3. The fourth-order valence-electron chi connectivity index (χ4n) is 4.38. The van der Waals surface area contributed by atoms with Gasteiger partial charge in [0.1, 0.15) is 18.1 Å². The molecule has 7 nitrogen and oxygen atoms in total. The third kappa shape index (κ3) is 6.85. The number of aromatic nitrogens is 2. The van der Waals surface area contributed by atoms with E-state index in [1.54, 1.807) is 6.20 Å². The Balaban J connectivity index is 1.52. The molecule has 2 heterocycles. The van der Waals surface area contributed by atoms with Crippen molar-refractivity contribution in [1.29, 1.82) is 0 Å². The van der Waals surface area contributed by atoms with E-state index in [-0.39, 0.29) is 5.91 Å². The van der Waals surface area contributed by atoms with Gasteiger partial charge in [-0.15, -0.1) is 0 Å². The number of para-hydroxylation sites is 1. The zero-order valence-electron chi connectivity index (χ0n) is 20.9. The molecule has 1 amide bonds. The van der Waals surface area contributed by atoms with Crippen LogP contribution in [0.4, 0.5) is 0 Å². The zero-order valence-corrected chi connectivity index (χ0v) is 20.9. The molecule has 0 spiro atoms. The Bertz CT molecular complexity index is 1080. The van der Waals surface area contributed by atoms with Crippen LogP contribution in [0.5, 0.6) is 11.5 Å². The van der Waals surface area contributed by atoms with Gasteiger partial charge in [-0.05, 0) is 37.1 Å². The summed E-state index contributed by atoms with van der Waals surface area (Å²) in [4.78, 5) is 21.4. The number of hydrogen-bond donors (Lipinski definition) is 0. The maximum absolute atomic E-state index is 13.0. The van der Waals surface area contributed by atoms with Crippen LogP contribution in [-0.2, 0) is 24.3 Å². The highest BCUT2D eigenvalue weighted by Gasteiger charge is 2.19. The Hall–Kier alpha value is -3.32. The van der Waals surface area contributed by atoms with Crippen molar-refractivity contribution < 1.29 is 14.3 Å². The van der Waals surface area contributed by atoms with E-state index in [1.807, 2.05) is 48.6 Å². The van der Waals surface area contributed by atoms with Crippen LogP contribution < -0.4 is 9.47 Å². The standard InChI is InChI=1S/C28H36N4O3/c1-3-16-34-27-10-9-23(18-25(27)21-31-12-11-29-22-31)20-30-13-14-32(4-2)28(33)19-24-7-5-6-8-26(24)35-17-15-30/h5-12,18,22H,3-4,13-17,19-21H2,1-2H3. The first-order chi connectivity index (χ1) is 17.2. The van der Waals surface area contributed by atoms with Crippen LogP contribution >= 0.6 is 0 Å². The molecule has 0 atom stereocenters. The maximum Gasteiger partial charge on any atom is 0.227 e. The summed E-state index contributed by atoms with van der Waals surface area (Å²) in [6, 6.07) is 14.3. The summed E-state index contributed by atoms with van der Waals surface area (Å²) in [7, 11) is 0. The molecule has 186 valence electrons. The number of amides is 1. The Morgan fingerprint density at radius 1 is 1.06 bits per heavy atom. The van der Waals surface area contributed by atoms with Crippen LogP contribution in [0.15, 0.2) is 61.2 Å². The number of imidazole rings is 1. The van der Waals surface area contributed by atoms with Gasteiger partial charge >= 0.3 is 0 Å². The maximum atomic E-state index is 13.0. The number of ether oxygens (including phenoxy) is 2. The molecule has 1 aromatic heterocycles. The fraction of sp³-hybridized carbons (Fsp3) is 0.429. The summed E-state index contributed by atoms with van der Waals surface area (Å²) in [5, 5.41) is 0. The summed E-state index contributed by atoms with van der Waals surface area (Å²) < 4.78 is 14.2. The van der Waals surface area contributed by atoms with Crippen LogP contribution in [0, 0.1) is 0 Å². The molecule has 0 radical (unpaired) electrons. The molecule has 0 bridgehead atoms. The molecular weight excluding hydrogens is 440 g/mol. The lowest BCUT2D eigenvalue weighted by Crippen LogP contribution is -2.39. The number of hydrogen-bond acceptors (Lipinski definition) is 5. The predicted octanol–water partition coefficient (Wildman–Crippen LogP) is 4.01. The lowest BCUT2D eigenvalue weighted by atomic mass is 10.1. The number of nitrogens with zero attached hydrogens (tertiary/aromatic N) is 4. The largest absolute Gasteiger partial charge is 0.493 e. The van der Waals surface area contributed by atoms with E-state index >= 15 is 0 Å². The number of likely N-dealkylation sites (N-methyl/N-ethyl adjacent to an activating group) is 1. The number of benzene rings is 2. The monoisotopic (exact) mass is 476 g/mol. The second-order valence-corrected chi connectivity index (χ2v) is 8.91. The second kappa shape index (κ2) is 12.4. The van der Waals surface area contributed by atoms with Gasteiger partial charge in [-0.1, -0.05) is 31.2 Å².